The molecule has 80 valence electrons. The SMILES string of the molecule is CCC(CCO)C(C)(C)CCSO. The molecule has 0 spiro atoms. The quantitative estimate of drug-likeness (QED) is 0.629. The van der Waals surface area contributed by atoms with Crippen LogP contribution in [0.25, 0.3) is 0 Å². The zero-order chi connectivity index (χ0) is 10.3. The molecule has 3 heteroatoms. The predicted octanol–water partition coefficient (Wildman–Crippen LogP) is 3.02. The molecule has 0 bridgehead atoms. The molecule has 1 atom stereocenters. The summed E-state index contributed by atoms with van der Waals surface area (Å²) in [6, 6.07) is 0. The first kappa shape index (κ1) is 13.3. The van der Waals surface area contributed by atoms with Crippen LogP contribution in [0, 0.1) is 11.3 Å². The normalized spacial score (nSPS) is 14.5. The van der Waals surface area contributed by atoms with Crippen molar-refractivity contribution in [1.29, 1.82) is 0 Å². The molecule has 0 amide bonds. The van der Waals surface area contributed by atoms with E-state index >= 15 is 0 Å². The van der Waals surface area contributed by atoms with E-state index in [0.29, 0.717) is 5.92 Å². The summed E-state index contributed by atoms with van der Waals surface area (Å²) in [7, 11) is 0. The zero-order valence-electron chi connectivity index (χ0n) is 8.92. The van der Waals surface area contributed by atoms with Crippen LogP contribution in [0.15, 0.2) is 0 Å². The molecule has 0 radical (unpaired) electrons. The molecule has 0 aromatic rings. The Morgan fingerprint density at radius 2 is 2.00 bits per heavy atom. The maximum atomic E-state index is 8.90. The largest absolute Gasteiger partial charge is 0.396 e. The van der Waals surface area contributed by atoms with E-state index in [1.54, 1.807) is 0 Å². The first-order valence-corrected chi connectivity index (χ1v) is 5.90. The van der Waals surface area contributed by atoms with Crippen LogP contribution in [-0.4, -0.2) is 22.0 Å². The summed E-state index contributed by atoms with van der Waals surface area (Å²) in [5.41, 5.74) is 0.229. The molecule has 0 saturated carbocycles. The third-order valence-electron chi connectivity index (χ3n) is 2.91. The van der Waals surface area contributed by atoms with Gasteiger partial charge in [-0.25, -0.2) is 0 Å². The summed E-state index contributed by atoms with van der Waals surface area (Å²) < 4.78 is 8.68. The van der Waals surface area contributed by atoms with Gasteiger partial charge in [0.25, 0.3) is 0 Å². The maximum Gasteiger partial charge on any atom is 0.0433 e. The average Bonchev–Trinajstić information content (AvgIpc) is 2.10. The van der Waals surface area contributed by atoms with Crippen molar-refractivity contribution in [3.63, 3.8) is 0 Å². The smallest absolute Gasteiger partial charge is 0.0433 e. The van der Waals surface area contributed by atoms with Crippen molar-refractivity contribution in [1.82, 2.24) is 0 Å². The molecule has 0 aromatic carbocycles. The van der Waals surface area contributed by atoms with Crippen molar-refractivity contribution in [3.8, 4) is 0 Å². The highest BCUT2D eigenvalue weighted by Gasteiger charge is 2.26. The fourth-order valence-corrected chi connectivity index (χ4v) is 2.43. The topological polar surface area (TPSA) is 40.5 Å². The molecule has 0 heterocycles. The fraction of sp³-hybridized carbons (Fsp3) is 1.00. The number of rotatable bonds is 7. The second-order valence-corrected chi connectivity index (χ2v) is 4.86. The van der Waals surface area contributed by atoms with Gasteiger partial charge in [-0.15, -0.1) is 0 Å². The molecule has 0 saturated heterocycles. The molecule has 0 aliphatic carbocycles. The predicted molar refractivity (Wildman–Crippen MR) is 59.0 cm³/mol. The fourth-order valence-electron chi connectivity index (χ4n) is 1.82. The molecule has 0 fully saturated rings. The average molecular weight is 206 g/mol. The van der Waals surface area contributed by atoms with Gasteiger partial charge in [-0.2, -0.15) is 0 Å². The van der Waals surface area contributed by atoms with E-state index in [1.165, 1.54) is 0 Å². The molecule has 1 unspecified atom stereocenters. The lowest BCUT2D eigenvalue weighted by Crippen LogP contribution is -2.25. The summed E-state index contributed by atoms with van der Waals surface area (Å²) >= 11 is 0.912. The van der Waals surface area contributed by atoms with Crippen molar-refractivity contribution in [2.24, 2.45) is 11.3 Å². The Bertz CT molecular complexity index is 126. The van der Waals surface area contributed by atoms with Gasteiger partial charge in [-0.05, 0) is 36.2 Å². The van der Waals surface area contributed by atoms with Crippen LogP contribution in [0.4, 0.5) is 0 Å². The number of aliphatic hydroxyl groups excluding tert-OH is 1. The van der Waals surface area contributed by atoms with Gasteiger partial charge in [0.1, 0.15) is 0 Å². The van der Waals surface area contributed by atoms with Gasteiger partial charge in [0.2, 0.25) is 0 Å². The highest BCUT2D eigenvalue weighted by Crippen LogP contribution is 2.35. The highest BCUT2D eigenvalue weighted by atomic mass is 32.2. The Hall–Kier alpha value is 0.270. The minimum Gasteiger partial charge on any atom is -0.396 e. The summed E-state index contributed by atoms with van der Waals surface area (Å²) in [6.45, 7) is 6.86. The molecule has 13 heavy (non-hydrogen) atoms. The Morgan fingerprint density at radius 3 is 2.38 bits per heavy atom. The van der Waals surface area contributed by atoms with Crippen molar-refractivity contribution in [2.75, 3.05) is 12.4 Å². The molecule has 0 aliphatic rings. The maximum absolute atomic E-state index is 8.90. The van der Waals surface area contributed by atoms with Crippen LogP contribution in [0.5, 0.6) is 0 Å². The molecular formula is C10H22O2S. The van der Waals surface area contributed by atoms with E-state index in [-0.39, 0.29) is 12.0 Å². The summed E-state index contributed by atoms with van der Waals surface area (Å²) in [4.78, 5) is 0. The number of hydrogen-bond acceptors (Lipinski definition) is 3. The first-order valence-electron chi connectivity index (χ1n) is 4.95. The van der Waals surface area contributed by atoms with Crippen LogP contribution in [0.2, 0.25) is 0 Å². The zero-order valence-corrected chi connectivity index (χ0v) is 9.73. The third-order valence-corrected chi connectivity index (χ3v) is 3.30. The van der Waals surface area contributed by atoms with Gasteiger partial charge in [-0.3, -0.25) is 0 Å². The van der Waals surface area contributed by atoms with Crippen LogP contribution >= 0.6 is 12.0 Å². The Labute approximate surface area is 85.9 Å². The van der Waals surface area contributed by atoms with Gasteiger partial charge in [0.05, 0.1) is 0 Å². The second-order valence-electron chi connectivity index (χ2n) is 4.19. The standard InChI is InChI=1S/C10H22O2S/c1-4-9(5-7-11)10(2,3)6-8-13-12/h9,11-12H,4-8H2,1-3H3. The second kappa shape index (κ2) is 6.68. The van der Waals surface area contributed by atoms with E-state index in [4.69, 9.17) is 9.66 Å². The third kappa shape index (κ3) is 4.89. The van der Waals surface area contributed by atoms with E-state index in [1.807, 2.05) is 0 Å². The van der Waals surface area contributed by atoms with Crippen molar-refractivity contribution < 1.29 is 9.66 Å². The first-order chi connectivity index (χ1) is 6.08. The van der Waals surface area contributed by atoms with E-state index in [2.05, 4.69) is 20.8 Å². The molecule has 2 nitrogen and oxygen atoms in total. The molecule has 2 N–H and O–H groups in total. The van der Waals surface area contributed by atoms with Crippen molar-refractivity contribution >= 4 is 12.0 Å². The Balaban J connectivity index is 4.03. The minimum atomic E-state index is 0.229. The molecule has 0 aromatic heterocycles. The Morgan fingerprint density at radius 1 is 1.38 bits per heavy atom. The lowest BCUT2D eigenvalue weighted by Gasteiger charge is -2.33. The summed E-state index contributed by atoms with van der Waals surface area (Å²) in [6.07, 6.45) is 2.98. The number of aliphatic hydroxyl groups is 1. The van der Waals surface area contributed by atoms with E-state index in [0.717, 1.165) is 37.1 Å². The van der Waals surface area contributed by atoms with Crippen LogP contribution < -0.4 is 0 Å². The monoisotopic (exact) mass is 206 g/mol. The summed E-state index contributed by atoms with van der Waals surface area (Å²) in [5, 5.41) is 8.90. The van der Waals surface area contributed by atoms with Crippen LogP contribution in [-0.2, 0) is 0 Å². The molecule has 0 rings (SSSR count). The lowest BCUT2D eigenvalue weighted by molar-refractivity contribution is 0.149. The van der Waals surface area contributed by atoms with Crippen molar-refractivity contribution in [2.45, 2.75) is 40.0 Å². The Kier molecular flexibility index (Phi) is 6.82. The van der Waals surface area contributed by atoms with Gasteiger partial charge >= 0.3 is 0 Å². The van der Waals surface area contributed by atoms with Gasteiger partial charge in [0, 0.05) is 12.4 Å². The van der Waals surface area contributed by atoms with Gasteiger partial charge in [-0.1, -0.05) is 27.2 Å². The van der Waals surface area contributed by atoms with Gasteiger partial charge in [0.15, 0.2) is 0 Å². The van der Waals surface area contributed by atoms with Crippen molar-refractivity contribution in [3.05, 3.63) is 0 Å². The van der Waals surface area contributed by atoms with Crippen LogP contribution in [0.3, 0.4) is 0 Å². The molecule has 0 aliphatic heterocycles. The van der Waals surface area contributed by atoms with Gasteiger partial charge < -0.3 is 9.66 Å². The van der Waals surface area contributed by atoms with Crippen LogP contribution in [0.1, 0.15) is 40.0 Å². The lowest BCUT2D eigenvalue weighted by atomic mass is 9.74. The molecular weight excluding hydrogens is 184 g/mol. The van der Waals surface area contributed by atoms with E-state index in [9.17, 15) is 0 Å². The highest BCUT2D eigenvalue weighted by molar-refractivity contribution is 7.93. The minimum absolute atomic E-state index is 0.229. The number of hydrogen-bond donors (Lipinski definition) is 2. The van der Waals surface area contributed by atoms with E-state index < -0.39 is 0 Å². The summed E-state index contributed by atoms with van der Waals surface area (Å²) in [5.74, 6) is 1.35.